The van der Waals surface area contributed by atoms with Crippen molar-refractivity contribution in [2.24, 2.45) is 0 Å². The number of aromatic nitrogens is 4. The van der Waals surface area contributed by atoms with Crippen molar-refractivity contribution >= 4 is 28.9 Å². The summed E-state index contributed by atoms with van der Waals surface area (Å²) in [6, 6.07) is 0. The lowest BCUT2D eigenvalue weighted by atomic mass is 10.6. The van der Waals surface area contributed by atoms with Crippen LogP contribution in [0.1, 0.15) is 6.92 Å². The van der Waals surface area contributed by atoms with Crippen LogP contribution in [-0.2, 0) is 0 Å². The Labute approximate surface area is 95.4 Å². The topological polar surface area (TPSA) is 63.6 Å². The Morgan fingerprint density at radius 2 is 2.40 bits per heavy atom. The predicted molar refractivity (Wildman–Crippen MR) is 60.2 cm³/mol. The van der Waals surface area contributed by atoms with E-state index in [1.54, 1.807) is 17.9 Å². The molecule has 0 aliphatic rings. The molecule has 2 aromatic heterocycles. The van der Waals surface area contributed by atoms with E-state index >= 15 is 0 Å². The monoisotopic (exact) mass is 239 g/mol. The molecule has 2 heterocycles. The number of hydrogen-bond donors (Lipinski definition) is 1. The first-order valence-electron chi connectivity index (χ1n) is 4.38. The van der Waals surface area contributed by atoms with Crippen LogP contribution in [0.25, 0.3) is 0 Å². The Bertz CT molecular complexity index is 417. The van der Waals surface area contributed by atoms with Crippen LogP contribution in [0.2, 0.25) is 0 Å². The summed E-state index contributed by atoms with van der Waals surface area (Å²) in [5, 5.41) is 11.6. The van der Waals surface area contributed by atoms with Crippen LogP contribution in [-0.4, -0.2) is 26.7 Å². The molecule has 2 aromatic rings. The molecule has 5 nitrogen and oxygen atoms in total. The fourth-order valence-corrected chi connectivity index (χ4v) is 2.34. The van der Waals surface area contributed by atoms with Gasteiger partial charge in [0, 0.05) is 6.54 Å². The summed E-state index contributed by atoms with van der Waals surface area (Å²) in [4.78, 5) is 8.46. The van der Waals surface area contributed by atoms with Crippen molar-refractivity contribution in [3.63, 3.8) is 0 Å². The first-order valence-corrected chi connectivity index (χ1v) is 6.08. The number of nitrogens with zero attached hydrogens (tertiary/aromatic N) is 4. The first kappa shape index (κ1) is 10.3. The lowest BCUT2D eigenvalue weighted by molar-refractivity contribution is 0.995. The molecule has 15 heavy (non-hydrogen) atoms. The molecule has 0 spiro atoms. The zero-order chi connectivity index (χ0) is 10.5. The molecular weight excluding hydrogens is 230 g/mol. The minimum absolute atomic E-state index is 0.784. The summed E-state index contributed by atoms with van der Waals surface area (Å²) in [5.41, 5.74) is 1.70. The molecule has 1 N–H and O–H groups in total. The van der Waals surface area contributed by atoms with E-state index in [1.807, 2.05) is 6.92 Å². The summed E-state index contributed by atoms with van der Waals surface area (Å²) >= 11 is 2.96. The van der Waals surface area contributed by atoms with E-state index in [0.717, 1.165) is 21.7 Å². The van der Waals surface area contributed by atoms with Crippen LogP contribution in [0, 0.1) is 0 Å². The van der Waals surface area contributed by atoms with Crippen LogP contribution in [0.5, 0.6) is 0 Å². The van der Waals surface area contributed by atoms with Gasteiger partial charge in [0.25, 0.3) is 0 Å². The van der Waals surface area contributed by atoms with E-state index in [9.17, 15) is 0 Å². The highest BCUT2D eigenvalue weighted by Gasteiger charge is 2.03. The Morgan fingerprint density at radius 3 is 3.13 bits per heavy atom. The maximum Gasteiger partial charge on any atom is 0.180 e. The Balaban J connectivity index is 2.11. The van der Waals surface area contributed by atoms with E-state index in [-0.39, 0.29) is 0 Å². The Morgan fingerprint density at radius 1 is 1.47 bits per heavy atom. The summed E-state index contributed by atoms with van der Waals surface area (Å²) in [6.45, 7) is 2.86. The minimum atomic E-state index is 0.784. The van der Waals surface area contributed by atoms with Crippen molar-refractivity contribution in [2.75, 3.05) is 11.9 Å². The highest BCUT2D eigenvalue weighted by atomic mass is 32.2. The molecule has 0 bridgehead atoms. The molecule has 0 aromatic carbocycles. The SMILES string of the molecule is CCNc1cncc(Sc2nncs2)n1. The quantitative estimate of drug-likeness (QED) is 0.879. The second-order valence-corrected chi connectivity index (χ2v) is 4.68. The van der Waals surface area contributed by atoms with Crippen molar-refractivity contribution in [1.82, 2.24) is 20.2 Å². The third-order valence-electron chi connectivity index (χ3n) is 1.50. The standard InChI is InChI=1S/C8H9N5S2/c1-2-10-6-3-9-4-7(12-6)15-8-13-11-5-14-8/h3-5H,2H2,1H3,(H,10,12). The number of nitrogens with one attached hydrogen (secondary N) is 1. The van der Waals surface area contributed by atoms with Gasteiger partial charge in [0.05, 0.1) is 12.4 Å². The second-order valence-electron chi connectivity index (χ2n) is 2.58. The van der Waals surface area contributed by atoms with Gasteiger partial charge in [0.2, 0.25) is 0 Å². The highest BCUT2D eigenvalue weighted by molar-refractivity contribution is 8.00. The predicted octanol–water partition coefficient (Wildman–Crippen LogP) is 1.91. The van der Waals surface area contributed by atoms with Crippen molar-refractivity contribution in [2.45, 2.75) is 16.3 Å². The van der Waals surface area contributed by atoms with Crippen molar-refractivity contribution in [1.29, 1.82) is 0 Å². The maximum absolute atomic E-state index is 4.37. The molecule has 2 rings (SSSR count). The summed E-state index contributed by atoms with van der Waals surface area (Å²) in [6.07, 6.45) is 3.42. The summed E-state index contributed by atoms with van der Waals surface area (Å²) < 4.78 is 0.873. The average Bonchev–Trinajstić information content (AvgIpc) is 2.71. The van der Waals surface area contributed by atoms with Crippen LogP contribution in [0.15, 0.2) is 27.3 Å². The van der Waals surface area contributed by atoms with E-state index in [2.05, 4.69) is 25.5 Å². The van der Waals surface area contributed by atoms with E-state index in [0.29, 0.717) is 0 Å². The normalized spacial score (nSPS) is 10.2. The van der Waals surface area contributed by atoms with Crippen molar-refractivity contribution in [3.05, 3.63) is 17.9 Å². The zero-order valence-corrected chi connectivity index (χ0v) is 9.68. The van der Waals surface area contributed by atoms with Gasteiger partial charge in [-0.2, -0.15) is 0 Å². The molecule has 0 saturated heterocycles. The number of rotatable bonds is 4. The van der Waals surface area contributed by atoms with Crippen LogP contribution < -0.4 is 5.32 Å². The van der Waals surface area contributed by atoms with Gasteiger partial charge in [-0.05, 0) is 18.7 Å². The molecule has 78 valence electrons. The van der Waals surface area contributed by atoms with Gasteiger partial charge in [-0.3, -0.25) is 4.98 Å². The molecule has 0 fully saturated rings. The number of hydrogen-bond acceptors (Lipinski definition) is 7. The van der Waals surface area contributed by atoms with Gasteiger partial charge in [-0.25, -0.2) is 4.98 Å². The molecule has 0 unspecified atom stereocenters. The molecular formula is C8H9N5S2. The lowest BCUT2D eigenvalue weighted by Crippen LogP contribution is -2.00. The Kier molecular flexibility index (Phi) is 3.46. The molecule has 0 aliphatic heterocycles. The van der Waals surface area contributed by atoms with Gasteiger partial charge in [0.15, 0.2) is 4.34 Å². The fourth-order valence-electron chi connectivity index (χ4n) is 0.960. The van der Waals surface area contributed by atoms with Crippen LogP contribution in [0.3, 0.4) is 0 Å². The van der Waals surface area contributed by atoms with Gasteiger partial charge in [-0.1, -0.05) is 11.3 Å². The highest BCUT2D eigenvalue weighted by Crippen LogP contribution is 2.26. The lowest BCUT2D eigenvalue weighted by Gasteiger charge is -2.02. The first-order chi connectivity index (χ1) is 7.38. The van der Waals surface area contributed by atoms with Gasteiger partial charge in [0.1, 0.15) is 16.4 Å². The third kappa shape index (κ3) is 2.87. The van der Waals surface area contributed by atoms with Crippen LogP contribution in [0.4, 0.5) is 5.82 Å². The zero-order valence-electron chi connectivity index (χ0n) is 8.04. The van der Waals surface area contributed by atoms with Gasteiger partial charge < -0.3 is 5.32 Å². The van der Waals surface area contributed by atoms with E-state index < -0.39 is 0 Å². The summed E-state index contributed by atoms with van der Waals surface area (Å²) in [7, 11) is 0. The minimum Gasteiger partial charge on any atom is -0.369 e. The molecule has 0 amide bonds. The maximum atomic E-state index is 4.37. The third-order valence-corrected chi connectivity index (χ3v) is 3.19. The van der Waals surface area contributed by atoms with Crippen LogP contribution >= 0.6 is 23.1 Å². The average molecular weight is 239 g/mol. The molecule has 0 aliphatic carbocycles. The van der Waals surface area contributed by atoms with E-state index in [4.69, 9.17) is 0 Å². The second kappa shape index (κ2) is 5.04. The van der Waals surface area contributed by atoms with Gasteiger partial charge in [-0.15, -0.1) is 10.2 Å². The van der Waals surface area contributed by atoms with Crippen molar-refractivity contribution in [3.8, 4) is 0 Å². The van der Waals surface area contributed by atoms with Gasteiger partial charge >= 0.3 is 0 Å². The fraction of sp³-hybridized carbons (Fsp3) is 0.250. The molecule has 0 radical (unpaired) electrons. The molecule has 0 atom stereocenters. The number of anilines is 1. The molecule has 0 saturated carbocycles. The molecule has 7 heteroatoms. The smallest absolute Gasteiger partial charge is 0.180 e. The van der Waals surface area contributed by atoms with E-state index in [1.165, 1.54) is 23.1 Å². The Hall–Kier alpha value is -1.21. The van der Waals surface area contributed by atoms with Crippen molar-refractivity contribution < 1.29 is 0 Å². The summed E-state index contributed by atoms with van der Waals surface area (Å²) in [5.74, 6) is 0.784. The largest absolute Gasteiger partial charge is 0.369 e.